The summed E-state index contributed by atoms with van der Waals surface area (Å²) in [5.74, 6) is 0.821. The van der Waals surface area contributed by atoms with E-state index in [1.165, 1.54) is 12.6 Å². The van der Waals surface area contributed by atoms with Crippen LogP contribution in [0.2, 0.25) is 0 Å². The van der Waals surface area contributed by atoms with Crippen molar-refractivity contribution in [1.29, 1.82) is 5.41 Å². The van der Waals surface area contributed by atoms with Crippen molar-refractivity contribution < 1.29 is 23.8 Å². The molecule has 0 aliphatic carbocycles. The number of morpholine rings is 1. The number of amidine groups is 1. The number of thiocarbonyl (C=S) groups is 1. The first-order valence-electron chi connectivity index (χ1n) is 12.4. The molecule has 1 fully saturated rings. The van der Waals surface area contributed by atoms with Crippen LogP contribution in [0.1, 0.15) is 26.4 Å². The van der Waals surface area contributed by atoms with Crippen molar-refractivity contribution in [3.05, 3.63) is 53.2 Å². The Labute approximate surface area is 231 Å². The number of ether oxygens (including phenoxy) is 3. The van der Waals surface area contributed by atoms with Gasteiger partial charge in [-0.1, -0.05) is 12.2 Å². The molecule has 1 aromatic heterocycles. The SMILES string of the molecule is CNc1cc(OC)c(OC)cc1C(=N)N(C=S)CCNC(=O)c1cc2cc(C(=O)N3CCOCC3)ccc2[nH]1. The second-order valence-electron chi connectivity index (χ2n) is 8.80. The van der Waals surface area contributed by atoms with Crippen molar-refractivity contribution >= 4 is 51.9 Å². The van der Waals surface area contributed by atoms with Crippen molar-refractivity contribution in [2.24, 2.45) is 0 Å². The zero-order valence-corrected chi connectivity index (χ0v) is 22.9. The summed E-state index contributed by atoms with van der Waals surface area (Å²) in [6, 6.07) is 10.5. The van der Waals surface area contributed by atoms with Crippen LogP contribution in [0.3, 0.4) is 0 Å². The van der Waals surface area contributed by atoms with Gasteiger partial charge < -0.3 is 39.6 Å². The van der Waals surface area contributed by atoms with Gasteiger partial charge in [0.05, 0.1) is 32.9 Å². The van der Waals surface area contributed by atoms with Gasteiger partial charge in [-0.25, -0.2) is 0 Å². The van der Waals surface area contributed by atoms with Crippen LogP contribution in [0.25, 0.3) is 10.9 Å². The molecule has 4 rings (SSSR count). The van der Waals surface area contributed by atoms with E-state index in [1.807, 2.05) is 0 Å². The minimum atomic E-state index is -0.301. The number of fused-ring (bicyclic) bond motifs is 1. The Morgan fingerprint density at radius 2 is 1.87 bits per heavy atom. The van der Waals surface area contributed by atoms with Crippen molar-refractivity contribution in [2.75, 3.05) is 66.0 Å². The number of carbonyl (C=O) groups excluding carboxylic acids is 2. The number of benzene rings is 2. The maximum atomic E-state index is 12.9. The minimum Gasteiger partial charge on any atom is -0.493 e. The van der Waals surface area contributed by atoms with Gasteiger partial charge in [0.15, 0.2) is 11.5 Å². The molecule has 0 atom stereocenters. The number of rotatable bonds is 10. The lowest BCUT2D eigenvalue weighted by Gasteiger charge is -2.26. The van der Waals surface area contributed by atoms with Crippen molar-refractivity contribution in [3.8, 4) is 11.5 Å². The molecule has 4 N–H and O–H groups in total. The third-order valence-corrected chi connectivity index (χ3v) is 6.77. The standard InChI is InChI=1S/C27H32N6O5S/c1-29-21-15-24(37-3)23(36-2)14-19(21)25(28)33(16-39)7-6-30-26(34)22-13-18-12-17(4-5-20(18)31-22)27(35)32-8-10-38-11-9-32/h4-5,12-16,28-29,31H,6-11H2,1-3H3,(H,30,34). The van der Waals surface area contributed by atoms with E-state index in [0.717, 1.165) is 10.9 Å². The summed E-state index contributed by atoms with van der Waals surface area (Å²) in [6.07, 6.45) is 0. The fourth-order valence-electron chi connectivity index (χ4n) is 4.38. The Hall–Kier alpha value is -4.16. The fourth-order valence-corrected chi connectivity index (χ4v) is 4.59. The highest BCUT2D eigenvalue weighted by atomic mass is 32.1. The normalized spacial score (nSPS) is 13.1. The van der Waals surface area contributed by atoms with Gasteiger partial charge in [-0.2, -0.15) is 0 Å². The molecule has 39 heavy (non-hydrogen) atoms. The number of hydrogen-bond acceptors (Lipinski definition) is 8. The van der Waals surface area contributed by atoms with E-state index in [-0.39, 0.29) is 30.7 Å². The van der Waals surface area contributed by atoms with Crippen LogP contribution in [0.5, 0.6) is 11.5 Å². The first kappa shape index (κ1) is 27.9. The zero-order valence-electron chi connectivity index (χ0n) is 22.1. The lowest BCUT2D eigenvalue weighted by atomic mass is 10.1. The highest BCUT2D eigenvalue weighted by Crippen LogP contribution is 2.33. The minimum absolute atomic E-state index is 0.0500. The Morgan fingerprint density at radius 1 is 1.15 bits per heavy atom. The predicted molar refractivity (Wildman–Crippen MR) is 154 cm³/mol. The second kappa shape index (κ2) is 12.6. The van der Waals surface area contributed by atoms with Gasteiger partial charge in [0.2, 0.25) is 0 Å². The quantitative estimate of drug-likeness (QED) is 0.172. The Morgan fingerprint density at radius 3 is 2.54 bits per heavy atom. The van der Waals surface area contributed by atoms with Crippen molar-refractivity contribution in [3.63, 3.8) is 0 Å². The summed E-state index contributed by atoms with van der Waals surface area (Å²) < 4.78 is 16.1. The number of carbonyl (C=O) groups is 2. The maximum Gasteiger partial charge on any atom is 0.267 e. The highest BCUT2D eigenvalue weighted by molar-refractivity contribution is 7.78. The van der Waals surface area contributed by atoms with Crippen molar-refractivity contribution in [2.45, 2.75) is 0 Å². The molecule has 1 aliphatic rings. The molecule has 0 bridgehead atoms. The largest absolute Gasteiger partial charge is 0.493 e. The summed E-state index contributed by atoms with van der Waals surface area (Å²) in [6.45, 7) is 2.73. The first-order valence-corrected chi connectivity index (χ1v) is 12.9. The number of aromatic amines is 1. The van der Waals surface area contributed by atoms with Gasteiger partial charge in [0.1, 0.15) is 11.5 Å². The van der Waals surface area contributed by atoms with Crippen LogP contribution in [0.4, 0.5) is 5.69 Å². The van der Waals surface area contributed by atoms with E-state index in [1.54, 1.807) is 60.4 Å². The van der Waals surface area contributed by atoms with E-state index in [4.69, 9.17) is 31.8 Å². The van der Waals surface area contributed by atoms with E-state index in [0.29, 0.717) is 60.3 Å². The molecule has 0 unspecified atom stereocenters. The Kier molecular flexibility index (Phi) is 8.99. The smallest absolute Gasteiger partial charge is 0.267 e. The summed E-state index contributed by atoms with van der Waals surface area (Å²) in [7, 11) is 4.83. The van der Waals surface area contributed by atoms with E-state index >= 15 is 0 Å². The third kappa shape index (κ3) is 6.13. The number of methoxy groups -OCH3 is 2. The molecule has 2 amide bonds. The first-order chi connectivity index (χ1) is 18.9. The maximum absolute atomic E-state index is 12.9. The van der Waals surface area contributed by atoms with Gasteiger partial charge in [-0.3, -0.25) is 15.0 Å². The summed E-state index contributed by atoms with van der Waals surface area (Å²) >= 11 is 5.16. The van der Waals surface area contributed by atoms with Crippen LogP contribution in [0.15, 0.2) is 36.4 Å². The van der Waals surface area contributed by atoms with Crippen LogP contribution >= 0.6 is 12.2 Å². The topological polar surface area (TPSA) is 132 Å². The summed E-state index contributed by atoms with van der Waals surface area (Å²) in [4.78, 5) is 32.1. The van der Waals surface area contributed by atoms with E-state index < -0.39 is 0 Å². The molecule has 2 aromatic carbocycles. The molecule has 0 radical (unpaired) electrons. The predicted octanol–water partition coefficient (Wildman–Crippen LogP) is 2.71. The molecule has 2 heterocycles. The number of amides is 2. The van der Waals surface area contributed by atoms with Gasteiger partial charge in [-0.05, 0) is 30.3 Å². The lowest BCUT2D eigenvalue weighted by Crippen LogP contribution is -2.40. The van der Waals surface area contributed by atoms with Gasteiger partial charge >= 0.3 is 0 Å². The zero-order chi connectivity index (χ0) is 27.9. The molecule has 0 saturated carbocycles. The Bertz CT molecular complexity index is 1380. The number of nitrogens with zero attached hydrogens (tertiary/aromatic N) is 2. The molecule has 11 nitrogen and oxygen atoms in total. The average molecular weight is 553 g/mol. The third-order valence-electron chi connectivity index (χ3n) is 6.51. The average Bonchev–Trinajstić information content (AvgIpc) is 3.42. The Balaban J connectivity index is 1.40. The molecule has 12 heteroatoms. The number of anilines is 1. The number of aromatic nitrogens is 1. The number of H-pyrrole nitrogens is 1. The van der Waals surface area contributed by atoms with Crippen LogP contribution in [-0.4, -0.2) is 98.6 Å². The summed E-state index contributed by atoms with van der Waals surface area (Å²) in [5.41, 5.74) is 4.33. The number of hydrogen-bond donors (Lipinski definition) is 4. The van der Waals surface area contributed by atoms with Crippen LogP contribution < -0.4 is 20.1 Å². The highest BCUT2D eigenvalue weighted by Gasteiger charge is 2.20. The molecule has 3 aromatic rings. The molecule has 1 saturated heterocycles. The monoisotopic (exact) mass is 552 g/mol. The molecule has 206 valence electrons. The second-order valence-corrected chi connectivity index (χ2v) is 9.01. The fraction of sp³-hybridized carbons (Fsp3) is 0.333. The molecular weight excluding hydrogens is 520 g/mol. The summed E-state index contributed by atoms with van der Waals surface area (Å²) in [5, 5.41) is 15.4. The van der Waals surface area contributed by atoms with E-state index in [2.05, 4.69) is 15.6 Å². The van der Waals surface area contributed by atoms with Gasteiger partial charge in [0, 0.05) is 67.0 Å². The molecular formula is C27H32N6O5S. The lowest BCUT2D eigenvalue weighted by molar-refractivity contribution is 0.0303. The number of nitrogens with one attached hydrogen (secondary N) is 4. The van der Waals surface area contributed by atoms with E-state index in [9.17, 15) is 9.59 Å². The van der Waals surface area contributed by atoms with Gasteiger partial charge in [0.25, 0.3) is 11.8 Å². The van der Waals surface area contributed by atoms with Crippen LogP contribution in [-0.2, 0) is 4.74 Å². The molecule has 0 spiro atoms. The van der Waals surface area contributed by atoms with Gasteiger partial charge in [-0.15, -0.1) is 0 Å². The van der Waals surface area contributed by atoms with Crippen molar-refractivity contribution in [1.82, 2.24) is 20.1 Å². The van der Waals surface area contributed by atoms with Crippen LogP contribution in [0, 0.1) is 5.41 Å². The molecule has 1 aliphatic heterocycles.